The minimum atomic E-state index is -0.304. The lowest BCUT2D eigenvalue weighted by Crippen LogP contribution is -2.29. The smallest absolute Gasteiger partial charge is 0.238 e. The summed E-state index contributed by atoms with van der Waals surface area (Å²) < 4.78 is 12.7. The standard InChI is InChI=1S/C16H21FN2O/c17-14-6-8-15(9-7-14)19-16(20)12-18-11-10-13-4-2-1-3-5-13/h4,6-9,18H,1-3,5,10-12H2,(H,19,20). The van der Waals surface area contributed by atoms with E-state index in [4.69, 9.17) is 0 Å². The maximum Gasteiger partial charge on any atom is 0.238 e. The highest BCUT2D eigenvalue weighted by atomic mass is 19.1. The number of carbonyl (C=O) groups is 1. The molecule has 0 saturated carbocycles. The van der Waals surface area contributed by atoms with Crippen molar-refractivity contribution in [3.05, 3.63) is 41.7 Å². The summed E-state index contributed by atoms with van der Waals surface area (Å²) in [4.78, 5) is 11.7. The van der Waals surface area contributed by atoms with Crippen molar-refractivity contribution in [2.45, 2.75) is 32.1 Å². The Hall–Kier alpha value is -1.68. The summed E-state index contributed by atoms with van der Waals surface area (Å²) in [6.45, 7) is 1.10. The summed E-state index contributed by atoms with van der Waals surface area (Å²) in [7, 11) is 0. The molecule has 0 radical (unpaired) electrons. The van der Waals surface area contributed by atoms with Gasteiger partial charge in [0.25, 0.3) is 0 Å². The summed E-state index contributed by atoms with van der Waals surface area (Å²) in [5.74, 6) is -0.406. The summed E-state index contributed by atoms with van der Waals surface area (Å²) >= 11 is 0. The molecule has 0 heterocycles. The van der Waals surface area contributed by atoms with E-state index in [1.807, 2.05) is 0 Å². The second kappa shape index (κ2) is 7.80. The van der Waals surface area contributed by atoms with Crippen LogP contribution in [0.2, 0.25) is 0 Å². The molecule has 20 heavy (non-hydrogen) atoms. The molecule has 0 bridgehead atoms. The molecule has 2 rings (SSSR count). The third-order valence-electron chi connectivity index (χ3n) is 3.42. The van der Waals surface area contributed by atoms with Crippen LogP contribution in [0.4, 0.5) is 10.1 Å². The summed E-state index contributed by atoms with van der Waals surface area (Å²) in [5.41, 5.74) is 2.12. The van der Waals surface area contributed by atoms with E-state index in [9.17, 15) is 9.18 Å². The Morgan fingerprint density at radius 3 is 2.70 bits per heavy atom. The Labute approximate surface area is 119 Å². The average molecular weight is 276 g/mol. The first-order valence-electron chi connectivity index (χ1n) is 7.18. The number of rotatable bonds is 6. The Morgan fingerprint density at radius 2 is 2.00 bits per heavy atom. The van der Waals surface area contributed by atoms with E-state index in [0.29, 0.717) is 5.69 Å². The van der Waals surface area contributed by atoms with Crippen LogP contribution >= 0.6 is 0 Å². The molecule has 1 aromatic carbocycles. The second-order valence-electron chi connectivity index (χ2n) is 5.09. The van der Waals surface area contributed by atoms with Gasteiger partial charge in [-0.1, -0.05) is 11.6 Å². The first-order valence-corrected chi connectivity index (χ1v) is 7.18. The number of allylic oxidation sites excluding steroid dienone is 1. The largest absolute Gasteiger partial charge is 0.325 e. The van der Waals surface area contributed by atoms with Crippen LogP contribution in [0.3, 0.4) is 0 Å². The fraction of sp³-hybridized carbons (Fsp3) is 0.438. The Balaban J connectivity index is 1.62. The molecular weight excluding hydrogens is 255 g/mol. The molecule has 0 aliphatic heterocycles. The molecule has 0 aromatic heterocycles. The van der Waals surface area contributed by atoms with E-state index in [1.165, 1.54) is 43.4 Å². The van der Waals surface area contributed by atoms with Crippen molar-refractivity contribution >= 4 is 11.6 Å². The van der Waals surface area contributed by atoms with Crippen LogP contribution in [0.1, 0.15) is 32.1 Å². The summed E-state index contributed by atoms with van der Waals surface area (Å²) in [6, 6.07) is 5.78. The lowest BCUT2D eigenvalue weighted by atomic mass is 9.97. The van der Waals surface area contributed by atoms with Gasteiger partial charge >= 0.3 is 0 Å². The van der Waals surface area contributed by atoms with Gasteiger partial charge in [-0.2, -0.15) is 0 Å². The van der Waals surface area contributed by atoms with Gasteiger partial charge in [0.2, 0.25) is 5.91 Å². The fourth-order valence-electron chi connectivity index (χ4n) is 2.32. The van der Waals surface area contributed by atoms with Gasteiger partial charge in [-0.15, -0.1) is 0 Å². The van der Waals surface area contributed by atoms with Crippen molar-refractivity contribution in [3.63, 3.8) is 0 Å². The van der Waals surface area contributed by atoms with E-state index in [1.54, 1.807) is 12.1 Å². The number of hydrogen-bond acceptors (Lipinski definition) is 2. The zero-order chi connectivity index (χ0) is 14.2. The zero-order valence-corrected chi connectivity index (χ0v) is 11.6. The van der Waals surface area contributed by atoms with Gasteiger partial charge in [0, 0.05) is 5.69 Å². The average Bonchev–Trinajstić information content (AvgIpc) is 2.47. The summed E-state index contributed by atoms with van der Waals surface area (Å²) in [5, 5.41) is 5.86. The predicted octanol–water partition coefficient (Wildman–Crippen LogP) is 3.24. The van der Waals surface area contributed by atoms with Crippen molar-refractivity contribution in [3.8, 4) is 0 Å². The SMILES string of the molecule is O=C(CNCCC1=CCCCC1)Nc1ccc(F)cc1. The first kappa shape index (κ1) is 14.7. The van der Waals surface area contributed by atoms with E-state index < -0.39 is 0 Å². The Morgan fingerprint density at radius 1 is 1.20 bits per heavy atom. The molecule has 4 heteroatoms. The molecule has 1 amide bonds. The van der Waals surface area contributed by atoms with Gasteiger partial charge in [0.1, 0.15) is 5.82 Å². The number of benzene rings is 1. The molecule has 0 fully saturated rings. The van der Waals surface area contributed by atoms with Crippen molar-refractivity contribution < 1.29 is 9.18 Å². The van der Waals surface area contributed by atoms with Gasteiger partial charge in [-0.25, -0.2) is 4.39 Å². The van der Waals surface area contributed by atoms with Gasteiger partial charge in [0.05, 0.1) is 6.54 Å². The lowest BCUT2D eigenvalue weighted by Gasteiger charge is -2.12. The minimum absolute atomic E-state index is 0.103. The predicted molar refractivity (Wildman–Crippen MR) is 79.1 cm³/mol. The van der Waals surface area contributed by atoms with Gasteiger partial charge < -0.3 is 10.6 Å². The van der Waals surface area contributed by atoms with Crippen LogP contribution in [0.15, 0.2) is 35.9 Å². The molecule has 0 saturated heterocycles. The van der Waals surface area contributed by atoms with Crippen molar-refractivity contribution in [2.24, 2.45) is 0 Å². The third-order valence-corrected chi connectivity index (χ3v) is 3.42. The van der Waals surface area contributed by atoms with E-state index in [0.717, 1.165) is 13.0 Å². The van der Waals surface area contributed by atoms with Crippen LogP contribution in [0, 0.1) is 5.82 Å². The van der Waals surface area contributed by atoms with E-state index >= 15 is 0 Å². The fourth-order valence-corrected chi connectivity index (χ4v) is 2.32. The summed E-state index contributed by atoms with van der Waals surface area (Å²) in [6.07, 6.45) is 8.32. The molecule has 0 spiro atoms. The van der Waals surface area contributed by atoms with E-state index in [2.05, 4.69) is 16.7 Å². The quantitative estimate of drug-likeness (QED) is 0.618. The van der Waals surface area contributed by atoms with Gasteiger partial charge in [-0.3, -0.25) is 4.79 Å². The van der Waals surface area contributed by atoms with E-state index in [-0.39, 0.29) is 18.3 Å². The molecule has 1 aromatic rings. The highest BCUT2D eigenvalue weighted by Crippen LogP contribution is 2.19. The molecular formula is C16H21FN2O. The number of anilines is 1. The molecule has 0 atom stereocenters. The monoisotopic (exact) mass is 276 g/mol. The van der Waals surface area contributed by atoms with Crippen molar-refractivity contribution in [1.82, 2.24) is 5.32 Å². The maximum absolute atomic E-state index is 12.7. The number of hydrogen-bond donors (Lipinski definition) is 2. The van der Waals surface area contributed by atoms with Gasteiger partial charge in [-0.05, 0) is 62.9 Å². The first-order chi connectivity index (χ1) is 9.74. The van der Waals surface area contributed by atoms with Crippen molar-refractivity contribution in [1.29, 1.82) is 0 Å². The second-order valence-corrected chi connectivity index (χ2v) is 5.09. The van der Waals surface area contributed by atoms with Crippen LogP contribution in [0.5, 0.6) is 0 Å². The molecule has 1 aliphatic carbocycles. The Bertz CT molecular complexity index is 468. The van der Waals surface area contributed by atoms with Gasteiger partial charge in [0.15, 0.2) is 0 Å². The molecule has 2 N–H and O–H groups in total. The lowest BCUT2D eigenvalue weighted by molar-refractivity contribution is -0.115. The number of halogens is 1. The third kappa shape index (κ3) is 5.13. The Kier molecular flexibility index (Phi) is 5.74. The zero-order valence-electron chi connectivity index (χ0n) is 11.6. The van der Waals surface area contributed by atoms with Crippen LogP contribution < -0.4 is 10.6 Å². The van der Waals surface area contributed by atoms with Crippen LogP contribution in [0.25, 0.3) is 0 Å². The number of amides is 1. The molecule has 3 nitrogen and oxygen atoms in total. The topological polar surface area (TPSA) is 41.1 Å². The van der Waals surface area contributed by atoms with Crippen LogP contribution in [-0.4, -0.2) is 19.0 Å². The normalized spacial score (nSPS) is 14.8. The molecule has 0 unspecified atom stereocenters. The minimum Gasteiger partial charge on any atom is -0.325 e. The highest BCUT2D eigenvalue weighted by molar-refractivity contribution is 5.92. The highest BCUT2D eigenvalue weighted by Gasteiger charge is 2.05. The van der Waals surface area contributed by atoms with Crippen molar-refractivity contribution in [2.75, 3.05) is 18.4 Å². The maximum atomic E-state index is 12.7. The molecule has 1 aliphatic rings. The molecule has 108 valence electrons. The van der Waals surface area contributed by atoms with Crippen LogP contribution in [-0.2, 0) is 4.79 Å². The number of carbonyl (C=O) groups excluding carboxylic acids is 1. The number of nitrogens with one attached hydrogen (secondary N) is 2.